The molecule has 0 spiro atoms. The summed E-state index contributed by atoms with van der Waals surface area (Å²) in [6.07, 6.45) is 4.15. The zero-order valence-electron chi connectivity index (χ0n) is 13.4. The quantitative estimate of drug-likeness (QED) is 0.523. The molecule has 3 saturated heterocycles. The number of hydrogen-bond donors (Lipinski definition) is 2. The first kappa shape index (κ1) is 18.5. The zero-order chi connectivity index (χ0) is 17.8. The third-order valence-corrected chi connectivity index (χ3v) is 4.60. The van der Waals surface area contributed by atoms with Gasteiger partial charge in [-0.1, -0.05) is 25.7 Å². The highest BCUT2D eigenvalue weighted by Crippen LogP contribution is 2.32. The van der Waals surface area contributed by atoms with E-state index in [0.29, 0.717) is 12.8 Å². The van der Waals surface area contributed by atoms with Crippen molar-refractivity contribution in [2.75, 3.05) is 13.2 Å². The van der Waals surface area contributed by atoms with Gasteiger partial charge in [-0.2, -0.15) is 0 Å². The van der Waals surface area contributed by atoms with Gasteiger partial charge in [0.25, 0.3) is 11.2 Å². The Hall–Kier alpha value is -1.80. The highest BCUT2D eigenvalue weighted by atomic mass is 16.7. The number of hydrogen-bond acceptors (Lipinski definition) is 8. The van der Waals surface area contributed by atoms with Crippen LogP contribution in [0.5, 0.6) is 0 Å². The predicted octanol–water partition coefficient (Wildman–Crippen LogP) is -0.179. The zero-order valence-corrected chi connectivity index (χ0v) is 13.4. The smallest absolute Gasteiger partial charge is 0.362 e. The minimum absolute atomic E-state index is 0.0526. The summed E-state index contributed by atoms with van der Waals surface area (Å²) in [5, 5.41) is 19.0. The number of esters is 2. The Bertz CT molecular complexity index is 494. The van der Waals surface area contributed by atoms with Crippen LogP contribution in [0.1, 0.15) is 51.4 Å². The van der Waals surface area contributed by atoms with Crippen molar-refractivity contribution in [1.82, 2.24) is 0 Å². The van der Waals surface area contributed by atoms with Crippen molar-refractivity contribution in [1.29, 1.82) is 0 Å². The maximum Gasteiger partial charge on any atom is 0.362 e. The standard InChI is InChI=1S/C16H22O8/c17-9-15-11(19)7-5-3-1-2-4-6-8-12(20)16(10-18,14(22)23-15)24-13(15)21/h17-18H,1-10H2. The molecule has 0 saturated carbocycles. The molecule has 8 nitrogen and oxygen atoms in total. The van der Waals surface area contributed by atoms with E-state index in [2.05, 4.69) is 0 Å². The van der Waals surface area contributed by atoms with E-state index in [1.807, 2.05) is 0 Å². The Labute approximate surface area is 139 Å². The fourth-order valence-electron chi connectivity index (χ4n) is 2.96. The van der Waals surface area contributed by atoms with Gasteiger partial charge < -0.3 is 19.7 Å². The third-order valence-electron chi connectivity index (χ3n) is 4.60. The number of Topliss-reactive ketones (excluding diaryl/α,β-unsaturated/α-hetero) is 2. The lowest BCUT2D eigenvalue weighted by Gasteiger charge is -2.40. The van der Waals surface area contributed by atoms with Crippen molar-refractivity contribution in [2.24, 2.45) is 0 Å². The van der Waals surface area contributed by atoms with Crippen LogP contribution in [0.2, 0.25) is 0 Å². The lowest BCUT2D eigenvalue weighted by atomic mass is 9.88. The summed E-state index contributed by atoms with van der Waals surface area (Å²) in [7, 11) is 0. The topological polar surface area (TPSA) is 127 Å². The molecule has 0 amide bonds. The van der Waals surface area contributed by atoms with E-state index >= 15 is 0 Å². The molecule has 8 heteroatoms. The van der Waals surface area contributed by atoms with E-state index < -0.39 is 47.9 Å². The molecule has 3 rings (SSSR count). The number of fused-ring (bicyclic) bond motifs is 11. The van der Waals surface area contributed by atoms with Gasteiger partial charge in [-0.15, -0.1) is 0 Å². The van der Waals surface area contributed by atoms with Crippen LogP contribution < -0.4 is 0 Å². The lowest BCUT2D eigenvalue weighted by Crippen LogP contribution is -2.68. The van der Waals surface area contributed by atoms with Gasteiger partial charge in [0.1, 0.15) is 13.2 Å². The molecule has 0 aromatic heterocycles. The van der Waals surface area contributed by atoms with Crippen molar-refractivity contribution in [3.05, 3.63) is 0 Å². The number of ether oxygens (including phenoxy) is 2. The molecule has 134 valence electrons. The van der Waals surface area contributed by atoms with Crippen LogP contribution in [-0.2, 0) is 28.7 Å². The van der Waals surface area contributed by atoms with Gasteiger partial charge in [0.15, 0.2) is 11.6 Å². The van der Waals surface area contributed by atoms with Gasteiger partial charge in [-0.3, -0.25) is 9.59 Å². The van der Waals surface area contributed by atoms with E-state index in [0.717, 1.165) is 25.7 Å². The summed E-state index contributed by atoms with van der Waals surface area (Å²) in [6.45, 7) is -2.13. The second kappa shape index (κ2) is 7.40. The fraction of sp³-hybridized carbons (Fsp3) is 0.750. The lowest BCUT2D eigenvalue weighted by molar-refractivity contribution is -0.231. The maximum absolute atomic E-state index is 12.3. The van der Waals surface area contributed by atoms with E-state index in [-0.39, 0.29) is 12.8 Å². The number of carbonyl (C=O) groups is 4. The van der Waals surface area contributed by atoms with Crippen LogP contribution in [0, 0.1) is 0 Å². The predicted molar refractivity (Wildman–Crippen MR) is 78.8 cm³/mol. The molecule has 2 bridgehead atoms. The van der Waals surface area contributed by atoms with Gasteiger partial charge in [0.05, 0.1) is 0 Å². The van der Waals surface area contributed by atoms with Crippen LogP contribution in [0.15, 0.2) is 0 Å². The Balaban J connectivity index is 2.38. The summed E-state index contributed by atoms with van der Waals surface area (Å²) in [5.41, 5.74) is -4.89. The third kappa shape index (κ3) is 3.08. The first-order chi connectivity index (χ1) is 11.4. The van der Waals surface area contributed by atoms with Crippen LogP contribution >= 0.6 is 0 Å². The minimum atomic E-state index is -2.44. The van der Waals surface area contributed by atoms with E-state index in [4.69, 9.17) is 9.47 Å². The highest BCUT2D eigenvalue weighted by Gasteiger charge is 2.64. The SMILES string of the molecule is O=C1CCCCCCCCC(=O)C2(CO)OC(=O)C1(CO)OC2=O. The monoisotopic (exact) mass is 342 g/mol. The Morgan fingerprint density at radius 3 is 1.33 bits per heavy atom. The van der Waals surface area contributed by atoms with Gasteiger partial charge >= 0.3 is 11.9 Å². The first-order valence-electron chi connectivity index (χ1n) is 8.18. The summed E-state index contributed by atoms with van der Waals surface area (Å²) in [6, 6.07) is 0. The van der Waals surface area contributed by atoms with Gasteiger partial charge in [0, 0.05) is 12.8 Å². The molecule has 3 fully saturated rings. The molecule has 0 aromatic carbocycles. The van der Waals surface area contributed by atoms with Gasteiger partial charge in [-0.25, -0.2) is 9.59 Å². The van der Waals surface area contributed by atoms with Gasteiger partial charge in [0.2, 0.25) is 0 Å². The number of carbonyl (C=O) groups excluding carboxylic acids is 4. The average Bonchev–Trinajstić information content (AvgIpc) is 2.57. The van der Waals surface area contributed by atoms with Crippen molar-refractivity contribution in [2.45, 2.75) is 62.6 Å². The molecule has 0 aromatic rings. The van der Waals surface area contributed by atoms with Crippen molar-refractivity contribution in [3.63, 3.8) is 0 Å². The van der Waals surface area contributed by atoms with Crippen LogP contribution in [0.4, 0.5) is 0 Å². The molecule has 2 unspecified atom stereocenters. The van der Waals surface area contributed by atoms with Crippen LogP contribution in [0.3, 0.4) is 0 Å². The average molecular weight is 342 g/mol. The Morgan fingerprint density at radius 2 is 1.00 bits per heavy atom. The van der Waals surface area contributed by atoms with E-state index in [9.17, 15) is 29.4 Å². The molecule has 24 heavy (non-hydrogen) atoms. The highest BCUT2D eigenvalue weighted by molar-refractivity contribution is 6.17. The largest absolute Gasteiger partial charge is 0.433 e. The summed E-state index contributed by atoms with van der Waals surface area (Å²) in [4.78, 5) is 49.3. The summed E-state index contributed by atoms with van der Waals surface area (Å²) < 4.78 is 9.85. The molecule has 2 atom stereocenters. The van der Waals surface area contributed by atoms with Crippen molar-refractivity contribution < 1.29 is 38.9 Å². The molecule has 0 radical (unpaired) electrons. The summed E-state index contributed by atoms with van der Waals surface area (Å²) in [5.74, 6) is -4.15. The van der Waals surface area contributed by atoms with Crippen LogP contribution in [0.25, 0.3) is 0 Å². The molecule has 0 aliphatic carbocycles. The molecule has 3 aliphatic rings. The fourth-order valence-corrected chi connectivity index (χ4v) is 2.96. The van der Waals surface area contributed by atoms with E-state index in [1.165, 1.54) is 0 Å². The van der Waals surface area contributed by atoms with Gasteiger partial charge in [-0.05, 0) is 12.8 Å². The van der Waals surface area contributed by atoms with Crippen LogP contribution in [-0.4, -0.2) is 58.1 Å². The Kier molecular flexibility index (Phi) is 5.71. The molecule has 2 N–H and O–H groups in total. The molecule has 3 aliphatic heterocycles. The summed E-state index contributed by atoms with van der Waals surface area (Å²) >= 11 is 0. The van der Waals surface area contributed by atoms with Crippen molar-refractivity contribution >= 4 is 23.5 Å². The second-order valence-corrected chi connectivity index (χ2v) is 6.22. The molecular weight excluding hydrogens is 320 g/mol. The Morgan fingerprint density at radius 1 is 0.667 bits per heavy atom. The molecule has 3 heterocycles. The normalized spacial score (nSPS) is 32.9. The second-order valence-electron chi connectivity index (χ2n) is 6.22. The number of rotatable bonds is 2. The number of aliphatic hydroxyl groups is 2. The van der Waals surface area contributed by atoms with E-state index in [1.54, 1.807) is 0 Å². The maximum atomic E-state index is 12.3. The number of ketones is 2. The minimum Gasteiger partial charge on any atom is -0.433 e. The number of aliphatic hydroxyl groups excluding tert-OH is 2. The van der Waals surface area contributed by atoms with Crippen molar-refractivity contribution in [3.8, 4) is 0 Å². The molecular formula is C16H22O8. The first-order valence-corrected chi connectivity index (χ1v) is 8.18.